The van der Waals surface area contributed by atoms with Crippen molar-refractivity contribution in [2.24, 2.45) is 5.73 Å². The maximum atomic E-state index is 12.2. The molecule has 1 aliphatic carbocycles. The zero-order valence-corrected chi connectivity index (χ0v) is 15.9. The molecule has 6 heteroatoms. The number of amides is 1. The van der Waals surface area contributed by atoms with Crippen LogP contribution in [0.25, 0.3) is 0 Å². The number of hydrogen-bond donors (Lipinski definition) is 2. The molecule has 5 nitrogen and oxygen atoms in total. The highest BCUT2D eigenvalue weighted by Gasteiger charge is 2.38. The molecule has 2 rings (SSSR count). The SMILES string of the molecule is Cl.NCCCCCCC(=O)NCC1(N2CCOCC2)CCCCC1. The van der Waals surface area contributed by atoms with Crippen LogP contribution < -0.4 is 11.1 Å². The van der Waals surface area contributed by atoms with E-state index in [-0.39, 0.29) is 23.9 Å². The highest BCUT2D eigenvalue weighted by molar-refractivity contribution is 5.85. The quantitative estimate of drug-likeness (QED) is 0.619. The molecule has 0 aromatic carbocycles. The van der Waals surface area contributed by atoms with Crippen LogP contribution in [0, 0.1) is 0 Å². The van der Waals surface area contributed by atoms with Crippen molar-refractivity contribution >= 4 is 18.3 Å². The highest BCUT2D eigenvalue weighted by Crippen LogP contribution is 2.33. The summed E-state index contributed by atoms with van der Waals surface area (Å²) in [5.74, 6) is 0.218. The second kappa shape index (κ2) is 12.1. The van der Waals surface area contributed by atoms with E-state index in [0.717, 1.165) is 65.1 Å². The van der Waals surface area contributed by atoms with Gasteiger partial charge >= 0.3 is 0 Å². The molecule has 1 saturated heterocycles. The topological polar surface area (TPSA) is 67.6 Å². The highest BCUT2D eigenvalue weighted by atomic mass is 35.5. The Morgan fingerprint density at radius 1 is 1.04 bits per heavy atom. The third-order valence-corrected chi connectivity index (χ3v) is 5.44. The van der Waals surface area contributed by atoms with Crippen LogP contribution in [0.15, 0.2) is 0 Å². The molecule has 2 fully saturated rings. The van der Waals surface area contributed by atoms with Crippen LogP contribution in [-0.2, 0) is 9.53 Å². The molecule has 0 bridgehead atoms. The maximum Gasteiger partial charge on any atom is 0.220 e. The molecule has 0 radical (unpaired) electrons. The second-order valence-corrected chi connectivity index (χ2v) is 7.11. The Kier molecular flexibility index (Phi) is 10.9. The first-order valence-electron chi connectivity index (χ1n) is 9.56. The van der Waals surface area contributed by atoms with Crippen LogP contribution >= 0.6 is 12.4 Å². The molecule has 2 aliphatic rings. The van der Waals surface area contributed by atoms with Gasteiger partial charge in [-0.25, -0.2) is 0 Å². The van der Waals surface area contributed by atoms with E-state index in [1.807, 2.05) is 0 Å². The molecule has 0 spiro atoms. The summed E-state index contributed by atoms with van der Waals surface area (Å²) in [7, 11) is 0. The predicted octanol–water partition coefficient (Wildman–Crippen LogP) is 2.47. The number of carbonyl (C=O) groups is 1. The number of hydrogen-bond acceptors (Lipinski definition) is 4. The van der Waals surface area contributed by atoms with Crippen LogP contribution in [-0.4, -0.2) is 55.7 Å². The van der Waals surface area contributed by atoms with Gasteiger partial charge in [0.2, 0.25) is 5.91 Å². The number of nitrogens with two attached hydrogens (primary N) is 1. The third kappa shape index (κ3) is 6.87. The Labute approximate surface area is 153 Å². The molecule has 1 amide bonds. The van der Waals surface area contributed by atoms with Gasteiger partial charge in [0.05, 0.1) is 13.2 Å². The molecule has 3 N–H and O–H groups in total. The smallest absolute Gasteiger partial charge is 0.220 e. The van der Waals surface area contributed by atoms with E-state index in [1.165, 1.54) is 32.1 Å². The minimum atomic E-state index is 0. The number of unbranched alkanes of at least 4 members (excludes halogenated alkanes) is 3. The van der Waals surface area contributed by atoms with Crippen molar-refractivity contribution < 1.29 is 9.53 Å². The van der Waals surface area contributed by atoms with Crippen molar-refractivity contribution in [1.29, 1.82) is 0 Å². The molecule has 142 valence electrons. The normalized spacial score (nSPS) is 21.0. The lowest BCUT2D eigenvalue weighted by molar-refractivity contribution is -0.122. The molecule has 0 atom stereocenters. The summed E-state index contributed by atoms with van der Waals surface area (Å²) in [4.78, 5) is 14.7. The standard InChI is InChI=1S/C18H35N3O2.ClH/c19-11-7-2-1-4-8-17(22)20-16-18(9-5-3-6-10-18)21-12-14-23-15-13-21;/h1-16,19H2,(H,20,22);1H. The van der Waals surface area contributed by atoms with E-state index in [4.69, 9.17) is 10.5 Å². The van der Waals surface area contributed by atoms with Gasteiger partial charge in [0.1, 0.15) is 0 Å². The van der Waals surface area contributed by atoms with Gasteiger partial charge in [0.25, 0.3) is 0 Å². The zero-order valence-electron chi connectivity index (χ0n) is 15.1. The number of morpholine rings is 1. The molecule has 0 aromatic heterocycles. The van der Waals surface area contributed by atoms with E-state index >= 15 is 0 Å². The van der Waals surface area contributed by atoms with Crippen LogP contribution in [0.1, 0.15) is 64.2 Å². The van der Waals surface area contributed by atoms with E-state index in [1.54, 1.807) is 0 Å². The lowest BCUT2D eigenvalue weighted by Crippen LogP contribution is -2.59. The van der Waals surface area contributed by atoms with E-state index in [9.17, 15) is 4.79 Å². The molecular weight excluding hydrogens is 326 g/mol. The second-order valence-electron chi connectivity index (χ2n) is 7.11. The van der Waals surface area contributed by atoms with Crippen molar-refractivity contribution in [2.45, 2.75) is 69.7 Å². The fraction of sp³-hybridized carbons (Fsp3) is 0.944. The van der Waals surface area contributed by atoms with Crippen LogP contribution in [0.3, 0.4) is 0 Å². The summed E-state index contributed by atoms with van der Waals surface area (Å²) < 4.78 is 5.51. The predicted molar refractivity (Wildman–Crippen MR) is 101 cm³/mol. The Morgan fingerprint density at radius 2 is 1.71 bits per heavy atom. The fourth-order valence-electron chi connectivity index (χ4n) is 3.99. The summed E-state index contributed by atoms with van der Waals surface area (Å²) in [6.07, 6.45) is 11.3. The number of nitrogens with zero attached hydrogens (tertiary/aromatic N) is 1. The number of nitrogens with one attached hydrogen (secondary N) is 1. The van der Waals surface area contributed by atoms with E-state index in [0.29, 0.717) is 6.42 Å². The average molecular weight is 362 g/mol. The molecule has 0 aromatic rings. The zero-order chi connectivity index (χ0) is 16.4. The van der Waals surface area contributed by atoms with Gasteiger partial charge in [-0.3, -0.25) is 9.69 Å². The van der Waals surface area contributed by atoms with Crippen molar-refractivity contribution in [3.05, 3.63) is 0 Å². The molecule has 1 aliphatic heterocycles. The van der Waals surface area contributed by atoms with E-state index < -0.39 is 0 Å². The van der Waals surface area contributed by atoms with Gasteiger partial charge in [0, 0.05) is 31.6 Å². The van der Waals surface area contributed by atoms with Gasteiger partial charge in [0.15, 0.2) is 0 Å². The lowest BCUT2D eigenvalue weighted by Gasteiger charge is -2.48. The van der Waals surface area contributed by atoms with Gasteiger partial charge in [-0.1, -0.05) is 32.1 Å². The Bertz CT molecular complexity index is 343. The van der Waals surface area contributed by atoms with Crippen LogP contribution in [0.2, 0.25) is 0 Å². The first kappa shape index (κ1) is 21.7. The summed E-state index contributed by atoms with van der Waals surface area (Å²) in [6, 6.07) is 0. The average Bonchev–Trinajstić information content (AvgIpc) is 2.61. The molecular formula is C18H36ClN3O2. The van der Waals surface area contributed by atoms with Crippen molar-refractivity contribution in [2.75, 3.05) is 39.4 Å². The fourth-order valence-corrected chi connectivity index (χ4v) is 3.99. The van der Waals surface area contributed by atoms with Crippen LogP contribution in [0.5, 0.6) is 0 Å². The monoisotopic (exact) mass is 361 g/mol. The Hall–Kier alpha value is -0.360. The van der Waals surface area contributed by atoms with Crippen molar-refractivity contribution in [3.8, 4) is 0 Å². The van der Waals surface area contributed by atoms with E-state index in [2.05, 4.69) is 10.2 Å². The molecule has 1 saturated carbocycles. The number of carbonyl (C=O) groups excluding carboxylic acids is 1. The largest absolute Gasteiger partial charge is 0.379 e. The number of rotatable bonds is 9. The molecule has 24 heavy (non-hydrogen) atoms. The summed E-state index contributed by atoms with van der Waals surface area (Å²) in [6.45, 7) is 5.25. The minimum absolute atomic E-state index is 0. The van der Waals surface area contributed by atoms with Gasteiger partial charge < -0.3 is 15.8 Å². The molecule has 1 heterocycles. The van der Waals surface area contributed by atoms with Crippen LogP contribution in [0.4, 0.5) is 0 Å². The summed E-state index contributed by atoms with van der Waals surface area (Å²) in [5.41, 5.74) is 5.67. The maximum absolute atomic E-state index is 12.2. The first-order valence-corrected chi connectivity index (χ1v) is 9.56. The van der Waals surface area contributed by atoms with Crippen molar-refractivity contribution in [3.63, 3.8) is 0 Å². The summed E-state index contributed by atoms with van der Waals surface area (Å²) >= 11 is 0. The first-order chi connectivity index (χ1) is 11.3. The number of halogens is 1. The lowest BCUT2D eigenvalue weighted by atomic mass is 9.79. The van der Waals surface area contributed by atoms with Gasteiger partial charge in [-0.05, 0) is 32.2 Å². The van der Waals surface area contributed by atoms with Gasteiger partial charge in [-0.2, -0.15) is 0 Å². The Balaban J connectivity index is 0.00000288. The van der Waals surface area contributed by atoms with Gasteiger partial charge in [-0.15, -0.1) is 12.4 Å². The van der Waals surface area contributed by atoms with Crippen molar-refractivity contribution in [1.82, 2.24) is 10.2 Å². The number of ether oxygens (including phenoxy) is 1. The minimum Gasteiger partial charge on any atom is -0.379 e. The summed E-state index contributed by atoms with van der Waals surface area (Å²) in [5, 5.41) is 3.24. The Morgan fingerprint density at radius 3 is 2.38 bits per heavy atom. The third-order valence-electron chi connectivity index (χ3n) is 5.44. The molecule has 0 unspecified atom stereocenters.